The number of aromatic nitrogens is 2. The number of nitrogens with zero attached hydrogens (tertiary/aromatic N) is 2. The average molecular weight is 511 g/mol. The average Bonchev–Trinajstić information content (AvgIpc) is 2.87. The third-order valence-corrected chi connectivity index (χ3v) is 7.59. The van der Waals surface area contributed by atoms with E-state index in [2.05, 4.69) is 46.4 Å². The first kappa shape index (κ1) is 25.8. The van der Waals surface area contributed by atoms with E-state index in [0.29, 0.717) is 25.0 Å². The second-order valence-electron chi connectivity index (χ2n) is 10.1. The zero-order valence-electron chi connectivity index (χ0n) is 22.0. The number of para-hydroxylation sites is 2. The Bertz CT molecular complexity index is 1310. The second-order valence-corrected chi connectivity index (χ2v) is 10.1. The van der Waals surface area contributed by atoms with E-state index >= 15 is 0 Å². The van der Waals surface area contributed by atoms with E-state index < -0.39 is 0 Å². The van der Waals surface area contributed by atoms with Crippen LogP contribution in [0.3, 0.4) is 0 Å². The van der Waals surface area contributed by atoms with Crippen LogP contribution in [0.4, 0.5) is 0 Å². The fraction of sp³-hybridized carbons (Fsp3) is 0.375. The predicted octanol–water partition coefficient (Wildman–Crippen LogP) is 6.58. The number of carbonyl (C=O) groups excluding carboxylic acids is 2. The topological polar surface area (TPSA) is 78.4 Å². The van der Waals surface area contributed by atoms with Gasteiger partial charge in [-0.15, -0.1) is 0 Å². The van der Waals surface area contributed by atoms with Crippen LogP contribution in [0, 0.1) is 11.8 Å². The van der Waals surface area contributed by atoms with Gasteiger partial charge in [-0.3, -0.25) is 19.6 Å². The highest BCUT2D eigenvalue weighted by Gasteiger charge is 2.38. The van der Waals surface area contributed by atoms with Crippen molar-refractivity contribution in [2.45, 2.75) is 51.4 Å². The summed E-state index contributed by atoms with van der Waals surface area (Å²) in [5.41, 5.74) is 4.25. The van der Waals surface area contributed by atoms with E-state index in [9.17, 15) is 9.59 Å². The lowest BCUT2D eigenvalue weighted by molar-refractivity contribution is -0.152. The molecule has 38 heavy (non-hydrogen) atoms. The third kappa shape index (κ3) is 5.69. The maximum atomic E-state index is 11.6. The van der Waals surface area contributed by atoms with Crippen molar-refractivity contribution in [2.75, 3.05) is 13.2 Å². The van der Waals surface area contributed by atoms with Crippen LogP contribution in [-0.2, 0) is 19.1 Å². The summed E-state index contributed by atoms with van der Waals surface area (Å²) in [4.78, 5) is 32.5. The zero-order chi connectivity index (χ0) is 26.5. The number of benzene rings is 2. The second kappa shape index (κ2) is 11.7. The number of hydrogen-bond acceptors (Lipinski definition) is 6. The molecular formula is C32H34N2O4. The zero-order valence-corrected chi connectivity index (χ0v) is 22.0. The van der Waals surface area contributed by atoms with Gasteiger partial charge in [-0.1, -0.05) is 48.5 Å². The van der Waals surface area contributed by atoms with Gasteiger partial charge in [0.2, 0.25) is 0 Å². The number of hydrogen-bond donors (Lipinski definition) is 0. The van der Waals surface area contributed by atoms with E-state index in [1.807, 2.05) is 50.2 Å². The number of ether oxygens (including phenoxy) is 2. The van der Waals surface area contributed by atoms with Crippen LogP contribution in [0.25, 0.3) is 21.8 Å². The molecule has 6 heteroatoms. The molecular weight excluding hydrogens is 476 g/mol. The van der Waals surface area contributed by atoms with E-state index in [0.717, 1.165) is 58.9 Å². The molecule has 2 aliphatic carbocycles. The van der Waals surface area contributed by atoms with E-state index in [4.69, 9.17) is 9.47 Å². The highest BCUT2D eigenvalue weighted by atomic mass is 16.5. The minimum absolute atomic E-state index is 0.0560. The van der Waals surface area contributed by atoms with Gasteiger partial charge in [0, 0.05) is 34.0 Å². The summed E-state index contributed by atoms with van der Waals surface area (Å²) in [5, 5.41) is 2.32. The number of esters is 2. The van der Waals surface area contributed by atoms with Crippen molar-refractivity contribution >= 4 is 33.7 Å². The van der Waals surface area contributed by atoms with Gasteiger partial charge in [0.15, 0.2) is 0 Å². The van der Waals surface area contributed by atoms with Crippen molar-refractivity contribution in [1.82, 2.24) is 9.97 Å². The van der Waals surface area contributed by atoms with Crippen LogP contribution in [-0.4, -0.2) is 35.1 Å². The van der Waals surface area contributed by atoms with Crippen molar-refractivity contribution in [2.24, 2.45) is 11.8 Å². The monoisotopic (exact) mass is 510 g/mol. The van der Waals surface area contributed by atoms with Gasteiger partial charge in [0.1, 0.15) is 0 Å². The number of carbonyl (C=O) groups is 2. The SMILES string of the molecule is CCOC(=O)C1CC(c2ccc3ccccc3n2)C1.CCOC(=O)C1CC(c2ccc3ccccc3n2)C1. The minimum Gasteiger partial charge on any atom is -0.466 e. The van der Waals surface area contributed by atoms with Gasteiger partial charge in [0.25, 0.3) is 0 Å². The molecule has 6 nitrogen and oxygen atoms in total. The Morgan fingerprint density at radius 3 is 1.42 bits per heavy atom. The summed E-state index contributed by atoms with van der Waals surface area (Å²) in [7, 11) is 0. The summed E-state index contributed by atoms with van der Waals surface area (Å²) in [6.45, 7) is 4.63. The molecule has 0 bridgehead atoms. The highest BCUT2D eigenvalue weighted by Crippen LogP contribution is 2.42. The predicted molar refractivity (Wildman–Crippen MR) is 148 cm³/mol. The van der Waals surface area contributed by atoms with Gasteiger partial charge in [-0.2, -0.15) is 0 Å². The molecule has 0 atom stereocenters. The van der Waals surface area contributed by atoms with E-state index in [1.54, 1.807) is 0 Å². The Kier molecular flexibility index (Phi) is 7.97. The van der Waals surface area contributed by atoms with E-state index in [1.165, 1.54) is 0 Å². The largest absolute Gasteiger partial charge is 0.466 e. The lowest BCUT2D eigenvalue weighted by Crippen LogP contribution is -2.31. The first-order chi connectivity index (χ1) is 18.6. The normalized spacial score (nSPS) is 21.9. The first-order valence-corrected chi connectivity index (χ1v) is 13.6. The fourth-order valence-corrected chi connectivity index (χ4v) is 5.24. The van der Waals surface area contributed by atoms with Gasteiger partial charge >= 0.3 is 11.9 Å². The van der Waals surface area contributed by atoms with Crippen molar-refractivity contribution in [3.63, 3.8) is 0 Å². The highest BCUT2D eigenvalue weighted by molar-refractivity contribution is 5.79. The lowest BCUT2D eigenvalue weighted by Gasteiger charge is -2.33. The van der Waals surface area contributed by atoms with Crippen LogP contribution >= 0.6 is 0 Å². The molecule has 0 N–H and O–H groups in total. The Labute approximate surface area is 223 Å². The molecule has 0 unspecified atom stereocenters. The molecule has 2 aromatic heterocycles. The Morgan fingerprint density at radius 2 is 1.03 bits per heavy atom. The summed E-state index contributed by atoms with van der Waals surface area (Å²) >= 11 is 0. The molecule has 0 saturated heterocycles. The molecule has 6 rings (SSSR count). The summed E-state index contributed by atoms with van der Waals surface area (Å²) in [6.07, 6.45) is 3.46. The molecule has 2 heterocycles. The van der Waals surface area contributed by atoms with Crippen LogP contribution in [0.15, 0.2) is 72.8 Å². The van der Waals surface area contributed by atoms with Crippen LogP contribution in [0.2, 0.25) is 0 Å². The van der Waals surface area contributed by atoms with Crippen LogP contribution in [0.5, 0.6) is 0 Å². The number of fused-ring (bicyclic) bond motifs is 2. The van der Waals surface area contributed by atoms with Crippen molar-refractivity contribution in [3.8, 4) is 0 Å². The molecule has 2 saturated carbocycles. The van der Waals surface area contributed by atoms with Gasteiger partial charge < -0.3 is 9.47 Å². The molecule has 0 spiro atoms. The van der Waals surface area contributed by atoms with Crippen molar-refractivity contribution < 1.29 is 19.1 Å². The van der Waals surface area contributed by atoms with Crippen molar-refractivity contribution in [1.29, 1.82) is 0 Å². The lowest BCUT2D eigenvalue weighted by atomic mass is 9.73. The molecule has 2 aliphatic rings. The van der Waals surface area contributed by atoms with Crippen LogP contribution < -0.4 is 0 Å². The Hall–Kier alpha value is -3.80. The van der Waals surface area contributed by atoms with Crippen molar-refractivity contribution in [3.05, 3.63) is 84.2 Å². The molecule has 196 valence electrons. The summed E-state index contributed by atoms with van der Waals surface area (Å²) in [5.74, 6) is 0.827. The Balaban J connectivity index is 0.000000155. The number of rotatable bonds is 6. The molecule has 4 aromatic rings. The minimum atomic E-state index is -0.0560. The molecule has 2 fully saturated rings. The van der Waals surface area contributed by atoms with E-state index in [-0.39, 0.29) is 23.8 Å². The smallest absolute Gasteiger partial charge is 0.308 e. The maximum Gasteiger partial charge on any atom is 0.308 e. The maximum absolute atomic E-state index is 11.6. The van der Waals surface area contributed by atoms with Gasteiger partial charge in [-0.25, -0.2) is 0 Å². The van der Waals surface area contributed by atoms with Gasteiger partial charge in [0.05, 0.1) is 36.1 Å². The summed E-state index contributed by atoms with van der Waals surface area (Å²) in [6, 6.07) is 24.6. The number of pyridine rings is 2. The Morgan fingerprint density at radius 1 is 0.632 bits per heavy atom. The molecule has 0 radical (unpaired) electrons. The van der Waals surface area contributed by atoms with Crippen LogP contribution in [0.1, 0.15) is 62.8 Å². The quantitative estimate of drug-likeness (QED) is 0.273. The van der Waals surface area contributed by atoms with Gasteiger partial charge in [-0.05, 0) is 63.8 Å². The third-order valence-electron chi connectivity index (χ3n) is 7.59. The molecule has 0 aliphatic heterocycles. The fourth-order valence-electron chi connectivity index (χ4n) is 5.24. The molecule has 0 amide bonds. The summed E-state index contributed by atoms with van der Waals surface area (Å²) < 4.78 is 10.1. The standard InChI is InChI=1S/2C16H17NO2/c2*1-2-19-16(18)13-9-12(10-13)15-8-7-11-5-3-4-6-14(11)17-15/h2*3-8,12-13H,2,9-10H2,1H3. The first-order valence-electron chi connectivity index (χ1n) is 13.6. The molecule has 2 aromatic carbocycles.